The van der Waals surface area contributed by atoms with E-state index in [1.807, 2.05) is 31.2 Å². The van der Waals surface area contributed by atoms with Crippen LogP contribution in [0, 0.1) is 6.58 Å². The molecule has 0 bridgehead atoms. The first-order valence-corrected chi connectivity index (χ1v) is 13.9. The molecule has 159 valence electrons. The third-order valence-corrected chi connectivity index (χ3v) is 12.8. The van der Waals surface area contributed by atoms with E-state index in [0.717, 1.165) is 38.7 Å². The van der Waals surface area contributed by atoms with Crippen molar-refractivity contribution in [2.75, 3.05) is 12.3 Å². The molecule has 1 aromatic rings. The van der Waals surface area contributed by atoms with Crippen LogP contribution in [0.2, 0.25) is 0 Å². The zero-order valence-electron chi connectivity index (χ0n) is 18.8. The molecular formula is C23H42P2PdS+. The zero-order chi connectivity index (χ0) is 20.4. The summed E-state index contributed by atoms with van der Waals surface area (Å²) in [6.45, 7) is 26.9. The first-order chi connectivity index (χ1) is 12.0. The maximum absolute atomic E-state index is 5.58. The fraction of sp³-hybridized carbons (Fsp3) is 0.652. The van der Waals surface area contributed by atoms with E-state index in [4.69, 9.17) is 6.58 Å². The van der Waals surface area contributed by atoms with Gasteiger partial charge in [-0.3, -0.25) is 0 Å². The molecule has 0 saturated carbocycles. The Morgan fingerprint density at radius 1 is 0.963 bits per heavy atom. The molecule has 0 amide bonds. The summed E-state index contributed by atoms with van der Waals surface area (Å²) < 4.78 is 0. The van der Waals surface area contributed by atoms with Gasteiger partial charge in [-0.1, -0.05) is 60.4 Å². The summed E-state index contributed by atoms with van der Waals surface area (Å²) in [4.78, 5) is 0.933. The summed E-state index contributed by atoms with van der Waals surface area (Å²) in [5, 5.41) is 0. The molecule has 0 aromatic heterocycles. The van der Waals surface area contributed by atoms with Crippen LogP contribution in [0.1, 0.15) is 67.9 Å². The molecule has 27 heavy (non-hydrogen) atoms. The normalized spacial score (nSPS) is 11.3. The van der Waals surface area contributed by atoms with Crippen molar-refractivity contribution in [1.82, 2.24) is 0 Å². The molecule has 0 aliphatic heterocycles. The quantitative estimate of drug-likeness (QED) is 0.200. The van der Waals surface area contributed by atoms with Crippen LogP contribution in [-0.2, 0) is 20.4 Å². The monoisotopic (exact) mass is 518 g/mol. The van der Waals surface area contributed by atoms with E-state index in [9.17, 15) is 0 Å². The standard InChI is InChI=1S/C14H32P2.C9H9S.Pd/c1-11(2)15(12(3)4)9-10-16(13(5)6)14(7)8;1-7(2)8-5-3-4-6-9(8)10;/h11-14H,9-10H2,1-8H3;1,3-6,10H,2H3;/p+1. The average molecular weight is 519 g/mol. The van der Waals surface area contributed by atoms with Crippen LogP contribution in [0.25, 0.3) is 5.57 Å². The topological polar surface area (TPSA) is 0 Å². The van der Waals surface area contributed by atoms with Crippen LogP contribution >= 0.6 is 28.5 Å². The third-order valence-electron chi connectivity index (χ3n) is 4.80. The van der Waals surface area contributed by atoms with Gasteiger partial charge in [-0.25, -0.2) is 0 Å². The van der Waals surface area contributed by atoms with Crippen molar-refractivity contribution in [3.8, 4) is 0 Å². The van der Waals surface area contributed by atoms with Gasteiger partial charge in [0, 0.05) is 39.4 Å². The Labute approximate surface area is 192 Å². The van der Waals surface area contributed by atoms with E-state index in [0.29, 0.717) is 0 Å². The molecule has 4 heteroatoms. The summed E-state index contributed by atoms with van der Waals surface area (Å²) in [7, 11) is 0.141. The number of benzene rings is 1. The smallest absolute Gasteiger partial charge is 0.0621 e. The van der Waals surface area contributed by atoms with Gasteiger partial charge in [0.15, 0.2) is 0 Å². The van der Waals surface area contributed by atoms with Gasteiger partial charge in [-0.2, -0.15) is 0 Å². The van der Waals surface area contributed by atoms with E-state index < -0.39 is 0 Å². The fourth-order valence-electron chi connectivity index (χ4n) is 3.42. The Morgan fingerprint density at radius 3 is 1.70 bits per heavy atom. The molecule has 1 rings (SSSR count). The first-order valence-electron chi connectivity index (χ1n) is 9.97. The van der Waals surface area contributed by atoms with E-state index in [1.54, 1.807) is 6.16 Å². The van der Waals surface area contributed by atoms with Gasteiger partial charge in [-0.15, -0.1) is 12.6 Å². The number of allylic oxidation sites excluding steroid dienone is 1. The summed E-state index contributed by atoms with van der Waals surface area (Å²) in [5.74, 6) is 0. The van der Waals surface area contributed by atoms with Crippen molar-refractivity contribution in [1.29, 1.82) is 0 Å². The van der Waals surface area contributed by atoms with Gasteiger partial charge in [0.05, 0.1) is 17.5 Å². The maximum Gasteiger partial charge on any atom is 0.0621 e. The van der Waals surface area contributed by atoms with Gasteiger partial charge in [0.1, 0.15) is 0 Å². The second-order valence-electron chi connectivity index (χ2n) is 8.26. The second-order valence-corrected chi connectivity index (χ2v) is 16.2. The van der Waals surface area contributed by atoms with Crippen LogP contribution in [-0.4, -0.2) is 35.0 Å². The van der Waals surface area contributed by atoms with Crippen LogP contribution in [0.4, 0.5) is 0 Å². The first kappa shape index (κ1) is 30.0. The van der Waals surface area contributed by atoms with E-state index in [-0.39, 0.29) is 36.3 Å². The van der Waals surface area contributed by atoms with E-state index in [1.165, 1.54) is 6.16 Å². The number of rotatable bonds is 8. The van der Waals surface area contributed by atoms with Crippen LogP contribution < -0.4 is 0 Å². The molecule has 0 spiro atoms. The fourth-order valence-corrected chi connectivity index (χ4v) is 10.5. The van der Waals surface area contributed by atoms with Crippen molar-refractivity contribution >= 4 is 34.0 Å². The molecule has 0 aliphatic carbocycles. The van der Waals surface area contributed by atoms with Crippen LogP contribution in [0.5, 0.6) is 0 Å². The molecule has 0 nitrogen and oxygen atoms in total. The Bertz CT molecular complexity index is 491. The number of hydrogen-bond donors (Lipinski definition) is 1. The SMILES string of the molecule is CC(C)P(CC[PH+](C(C)C)C(C)C)C(C)C.[CH]=C(C)c1ccccc1S.[Pd]. The van der Waals surface area contributed by atoms with Gasteiger partial charge in [0.2, 0.25) is 0 Å². The Kier molecular flexibility index (Phi) is 17.4. The zero-order valence-corrected chi connectivity index (χ0v) is 23.2. The number of thiol groups is 1. The average Bonchev–Trinajstić information content (AvgIpc) is 2.50. The maximum atomic E-state index is 5.58. The summed E-state index contributed by atoms with van der Waals surface area (Å²) >= 11 is 4.24. The van der Waals surface area contributed by atoms with Gasteiger partial charge in [-0.05, 0) is 63.1 Å². The van der Waals surface area contributed by atoms with E-state index in [2.05, 4.69) is 68.0 Å². The van der Waals surface area contributed by atoms with E-state index >= 15 is 0 Å². The summed E-state index contributed by atoms with van der Waals surface area (Å²) in [6, 6.07) is 7.77. The van der Waals surface area contributed by atoms with Crippen LogP contribution in [0.15, 0.2) is 29.2 Å². The Balaban J connectivity index is 0. The Morgan fingerprint density at radius 2 is 1.41 bits per heavy atom. The molecule has 1 radical (unpaired) electrons. The van der Waals surface area contributed by atoms with Gasteiger partial charge < -0.3 is 0 Å². The summed E-state index contributed by atoms with van der Waals surface area (Å²) in [5.41, 5.74) is 5.55. The van der Waals surface area contributed by atoms with Crippen molar-refractivity contribution in [3.05, 3.63) is 36.4 Å². The summed E-state index contributed by atoms with van der Waals surface area (Å²) in [6.07, 6.45) is 3.07. The molecule has 0 atom stereocenters. The predicted molar refractivity (Wildman–Crippen MR) is 133 cm³/mol. The van der Waals surface area contributed by atoms with Gasteiger partial charge in [0.25, 0.3) is 0 Å². The largest absolute Gasteiger partial charge is 0.143 e. The minimum atomic E-state index is -0.124. The second kappa shape index (κ2) is 15.6. The Hall–Kier alpha value is 0.832. The molecule has 0 N–H and O–H groups in total. The van der Waals surface area contributed by atoms with Crippen LogP contribution in [0.3, 0.4) is 0 Å². The predicted octanol–water partition coefficient (Wildman–Crippen LogP) is 8.13. The van der Waals surface area contributed by atoms with Gasteiger partial charge >= 0.3 is 0 Å². The van der Waals surface area contributed by atoms with Crippen molar-refractivity contribution < 1.29 is 20.4 Å². The number of hydrogen-bond acceptors (Lipinski definition) is 1. The molecule has 0 unspecified atom stereocenters. The molecule has 0 heterocycles. The minimum absolute atomic E-state index is 0. The minimum Gasteiger partial charge on any atom is -0.143 e. The molecule has 0 fully saturated rings. The molecular weight excluding hydrogens is 477 g/mol. The van der Waals surface area contributed by atoms with Crippen molar-refractivity contribution in [2.24, 2.45) is 0 Å². The van der Waals surface area contributed by atoms with Crippen molar-refractivity contribution in [2.45, 2.75) is 89.8 Å². The molecule has 0 saturated heterocycles. The molecule has 0 aliphatic rings. The third kappa shape index (κ3) is 12.2. The van der Waals surface area contributed by atoms with Crippen molar-refractivity contribution in [3.63, 3.8) is 0 Å². The molecule has 1 aromatic carbocycles.